The molecule has 0 bridgehead atoms. The molecule has 0 amide bonds. The summed E-state index contributed by atoms with van der Waals surface area (Å²) in [5, 5.41) is 0.567. The van der Waals surface area contributed by atoms with Crippen LogP contribution < -0.4 is 10.3 Å². The number of methoxy groups -OCH3 is 1. The summed E-state index contributed by atoms with van der Waals surface area (Å²) in [6.07, 6.45) is 1.35. The molecule has 82 valence electrons. The molecule has 0 spiro atoms. The second kappa shape index (κ2) is 4.37. The standard InChI is InChI=1S/C11H9ClN2O2/c1-16-10-3-2-7(12)4-8(10)9-5-11(15)14-6-13-9/h2-6H,1H3,(H,13,14,15). The summed E-state index contributed by atoms with van der Waals surface area (Å²) in [5.74, 6) is 0.627. The molecular weight excluding hydrogens is 228 g/mol. The number of hydrogen-bond acceptors (Lipinski definition) is 3. The summed E-state index contributed by atoms with van der Waals surface area (Å²) in [6, 6.07) is 6.56. The van der Waals surface area contributed by atoms with Crippen molar-refractivity contribution in [1.82, 2.24) is 9.97 Å². The van der Waals surface area contributed by atoms with Crippen LogP contribution in [0.5, 0.6) is 5.75 Å². The Hall–Kier alpha value is -1.81. The molecule has 0 unspecified atom stereocenters. The van der Waals surface area contributed by atoms with Gasteiger partial charge in [-0.05, 0) is 18.2 Å². The molecule has 1 aromatic heterocycles. The Morgan fingerprint density at radius 1 is 1.38 bits per heavy atom. The fourth-order valence-electron chi connectivity index (χ4n) is 1.40. The third-order valence-electron chi connectivity index (χ3n) is 2.12. The second-order valence-electron chi connectivity index (χ2n) is 3.14. The number of H-pyrrole nitrogens is 1. The Morgan fingerprint density at radius 2 is 2.19 bits per heavy atom. The van der Waals surface area contributed by atoms with E-state index in [0.717, 1.165) is 0 Å². The van der Waals surface area contributed by atoms with Crippen molar-refractivity contribution < 1.29 is 4.74 Å². The van der Waals surface area contributed by atoms with E-state index in [1.54, 1.807) is 25.3 Å². The number of ether oxygens (including phenoxy) is 1. The molecular formula is C11H9ClN2O2. The van der Waals surface area contributed by atoms with Crippen LogP contribution in [0.3, 0.4) is 0 Å². The average molecular weight is 237 g/mol. The maximum Gasteiger partial charge on any atom is 0.251 e. The van der Waals surface area contributed by atoms with Gasteiger partial charge < -0.3 is 9.72 Å². The van der Waals surface area contributed by atoms with E-state index in [1.807, 2.05) is 0 Å². The number of nitrogens with zero attached hydrogens (tertiary/aromatic N) is 1. The first-order chi connectivity index (χ1) is 7.70. The topological polar surface area (TPSA) is 55.0 Å². The molecule has 1 N–H and O–H groups in total. The van der Waals surface area contributed by atoms with E-state index >= 15 is 0 Å². The van der Waals surface area contributed by atoms with E-state index in [0.29, 0.717) is 22.0 Å². The molecule has 0 aliphatic rings. The zero-order chi connectivity index (χ0) is 11.5. The van der Waals surface area contributed by atoms with Gasteiger partial charge in [0.25, 0.3) is 5.56 Å². The highest BCUT2D eigenvalue weighted by Crippen LogP contribution is 2.30. The van der Waals surface area contributed by atoms with Crippen molar-refractivity contribution in [3.63, 3.8) is 0 Å². The molecule has 0 radical (unpaired) electrons. The zero-order valence-electron chi connectivity index (χ0n) is 8.53. The van der Waals surface area contributed by atoms with Crippen LogP contribution in [0.15, 0.2) is 35.4 Å². The van der Waals surface area contributed by atoms with Gasteiger partial charge in [0.15, 0.2) is 0 Å². The molecule has 0 saturated carbocycles. The number of benzene rings is 1. The Balaban J connectivity index is 2.62. The summed E-state index contributed by atoms with van der Waals surface area (Å²) in [7, 11) is 1.56. The van der Waals surface area contributed by atoms with E-state index in [4.69, 9.17) is 16.3 Å². The molecule has 0 aliphatic heterocycles. The van der Waals surface area contributed by atoms with Crippen LogP contribution in [0, 0.1) is 0 Å². The average Bonchev–Trinajstić information content (AvgIpc) is 2.29. The molecule has 16 heavy (non-hydrogen) atoms. The molecule has 0 aliphatic carbocycles. The minimum atomic E-state index is -0.216. The van der Waals surface area contributed by atoms with Gasteiger partial charge in [0, 0.05) is 16.7 Å². The van der Waals surface area contributed by atoms with Crippen LogP contribution in [0.4, 0.5) is 0 Å². The first-order valence-corrected chi connectivity index (χ1v) is 4.97. The lowest BCUT2D eigenvalue weighted by Crippen LogP contribution is -2.04. The van der Waals surface area contributed by atoms with E-state index in [1.165, 1.54) is 12.4 Å². The Morgan fingerprint density at radius 3 is 2.88 bits per heavy atom. The first kappa shape index (κ1) is 10.7. The predicted molar refractivity (Wildman–Crippen MR) is 61.9 cm³/mol. The quantitative estimate of drug-likeness (QED) is 0.869. The molecule has 0 saturated heterocycles. The summed E-state index contributed by atoms with van der Waals surface area (Å²) < 4.78 is 5.18. The normalized spacial score (nSPS) is 10.1. The third-order valence-corrected chi connectivity index (χ3v) is 2.35. The fraction of sp³-hybridized carbons (Fsp3) is 0.0909. The van der Waals surface area contributed by atoms with Crippen LogP contribution in [0.25, 0.3) is 11.3 Å². The minimum absolute atomic E-state index is 0.216. The number of nitrogens with one attached hydrogen (secondary N) is 1. The third kappa shape index (κ3) is 2.06. The van der Waals surface area contributed by atoms with Crippen molar-refractivity contribution in [3.8, 4) is 17.0 Å². The van der Waals surface area contributed by atoms with Crippen LogP contribution in [-0.4, -0.2) is 17.1 Å². The van der Waals surface area contributed by atoms with Gasteiger partial charge in [0.1, 0.15) is 5.75 Å². The lowest BCUT2D eigenvalue weighted by atomic mass is 10.1. The van der Waals surface area contributed by atoms with Gasteiger partial charge in [-0.3, -0.25) is 4.79 Å². The molecule has 1 heterocycles. The van der Waals surface area contributed by atoms with Gasteiger partial charge >= 0.3 is 0 Å². The van der Waals surface area contributed by atoms with Crippen molar-refractivity contribution >= 4 is 11.6 Å². The van der Waals surface area contributed by atoms with Gasteiger partial charge in [0.2, 0.25) is 0 Å². The summed E-state index contributed by atoms with van der Waals surface area (Å²) in [5.41, 5.74) is 1.01. The molecule has 1 aromatic carbocycles. The summed E-state index contributed by atoms with van der Waals surface area (Å²) in [4.78, 5) is 17.7. The highest BCUT2D eigenvalue weighted by molar-refractivity contribution is 6.30. The van der Waals surface area contributed by atoms with Gasteiger partial charge in [-0.2, -0.15) is 0 Å². The Bertz CT molecular complexity index is 566. The second-order valence-corrected chi connectivity index (χ2v) is 3.58. The predicted octanol–water partition coefficient (Wildman–Crippen LogP) is 2.10. The Labute approximate surface area is 96.9 Å². The van der Waals surface area contributed by atoms with E-state index in [-0.39, 0.29) is 5.56 Å². The molecule has 0 fully saturated rings. The number of aromatic nitrogens is 2. The SMILES string of the molecule is COc1ccc(Cl)cc1-c1cc(=O)[nH]cn1. The maximum absolute atomic E-state index is 11.2. The van der Waals surface area contributed by atoms with Gasteiger partial charge in [-0.25, -0.2) is 4.98 Å². The van der Waals surface area contributed by atoms with Gasteiger partial charge in [0.05, 0.1) is 19.1 Å². The molecule has 2 rings (SSSR count). The smallest absolute Gasteiger partial charge is 0.251 e. The minimum Gasteiger partial charge on any atom is -0.496 e. The maximum atomic E-state index is 11.2. The molecule has 0 atom stereocenters. The van der Waals surface area contributed by atoms with E-state index in [9.17, 15) is 4.79 Å². The largest absolute Gasteiger partial charge is 0.496 e. The summed E-state index contributed by atoms with van der Waals surface area (Å²) in [6.45, 7) is 0. The Kier molecular flexibility index (Phi) is 2.92. The zero-order valence-corrected chi connectivity index (χ0v) is 9.28. The van der Waals surface area contributed by atoms with Crippen molar-refractivity contribution in [3.05, 3.63) is 46.0 Å². The molecule has 2 aromatic rings. The number of aromatic amines is 1. The lowest BCUT2D eigenvalue weighted by molar-refractivity contribution is 0.416. The number of halogens is 1. The fourth-order valence-corrected chi connectivity index (χ4v) is 1.57. The van der Waals surface area contributed by atoms with Crippen molar-refractivity contribution in [1.29, 1.82) is 0 Å². The molecule has 5 heteroatoms. The lowest BCUT2D eigenvalue weighted by Gasteiger charge is -2.07. The van der Waals surface area contributed by atoms with Crippen LogP contribution in [0.2, 0.25) is 5.02 Å². The van der Waals surface area contributed by atoms with E-state index < -0.39 is 0 Å². The highest BCUT2D eigenvalue weighted by Gasteiger charge is 2.08. The number of hydrogen-bond donors (Lipinski definition) is 1. The number of rotatable bonds is 2. The van der Waals surface area contributed by atoms with Gasteiger partial charge in [-0.15, -0.1) is 0 Å². The molecule has 4 nitrogen and oxygen atoms in total. The summed E-state index contributed by atoms with van der Waals surface area (Å²) >= 11 is 5.89. The van der Waals surface area contributed by atoms with Crippen LogP contribution >= 0.6 is 11.6 Å². The van der Waals surface area contributed by atoms with E-state index in [2.05, 4.69) is 9.97 Å². The van der Waals surface area contributed by atoms with Crippen molar-refractivity contribution in [2.75, 3.05) is 7.11 Å². The van der Waals surface area contributed by atoms with Crippen LogP contribution in [0.1, 0.15) is 0 Å². The monoisotopic (exact) mass is 236 g/mol. The van der Waals surface area contributed by atoms with Gasteiger partial charge in [-0.1, -0.05) is 11.6 Å². The first-order valence-electron chi connectivity index (χ1n) is 4.59. The van der Waals surface area contributed by atoms with Crippen LogP contribution in [-0.2, 0) is 0 Å². The van der Waals surface area contributed by atoms with Crippen molar-refractivity contribution in [2.45, 2.75) is 0 Å². The van der Waals surface area contributed by atoms with Crippen molar-refractivity contribution in [2.24, 2.45) is 0 Å². The highest BCUT2D eigenvalue weighted by atomic mass is 35.5.